The fourth-order valence-corrected chi connectivity index (χ4v) is 2.05. The maximum Gasteiger partial charge on any atom is 0.319 e. The molecule has 2 aromatic carbocycles. The molecule has 2 amide bonds. The predicted octanol–water partition coefficient (Wildman–Crippen LogP) is 2.99. The standard InChI is InChI=1S/C16H17FN2O2/c1-11-7-13(17)9-14(8-11)18-16(21)19-15(10-20)12-5-3-2-4-6-12/h2-9,15,20H,10H2,1H3,(H2,18,19,21)/t15-/m1/s1. The molecule has 0 bridgehead atoms. The molecule has 0 aromatic heterocycles. The number of urea groups is 1. The molecule has 0 spiro atoms. The van der Waals surface area contributed by atoms with Gasteiger partial charge in [0.2, 0.25) is 0 Å². The zero-order valence-corrected chi connectivity index (χ0v) is 11.6. The Balaban J connectivity index is 2.03. The van der Waals surface area contributed by atoms with Gasteiger partial charge < -0.3 is 15.7 Å². The van der Waals surface area contributed by atoms with Crippen molar-refractivity contribution >= 4 is 11.7 Å². The zero-order chi connectivity index (χ0) is 15.2. The zero-order valence-electron chi connectivity index (χ0n) is 11.6. The van der Waals surface area contributed by atoms with E-state index < -0.39 is 17.9 Å². The Labute approximate surface area is 122 Å². The van der Waals surface area contributed by atoms with Crippen LogP contribution in [0.2, 0.25) is 0 Å². The first-order chi connectivity index (χ1) is 10.1. The Morgan fingerprint density at radius 3 is 2.57 bits per heavy atom. The van der Waals surface area contributed by atoms with E-state index in [4.69, 9.17) is 0 Å². The number of aliphatic hydroxyl groups excluding tert-OH is 1. The number of amides is 2. The SMILES string of the molecule is Cc1cc(F)cc(NC(=O)N[C@H](CO)c2ccccc2)c1. The molecule has 0 radical (unpaired) electrons. The van der Waals surface area contributed by atoms with Crippen LogP contribution in [-0.2, 0) is 0 Å². The third-order valence-electron chi connectivity index (χ3n) is 2.99. The van der Waals surface area contributed by atoms with E-state index in [1.165, 1.54) is 12.1 Å². The Morgan fingerprint density at radius 2 is 1.95 bits per heavy atom. The van der Waals surface area contributed by atoms with Crippen LogP contribution in [0, 0.1) is 12.7 Å². The van der Waals surface area contributed by atoms with Crippen molar-refractivity contribution in [1.82, 2.24) is 5.32 Å². The Morgan fingerprint density at radius 1 is 1.24 bits per heavy atom. The minimum absolute atomic E-state index is 0.223. The van der Waals surface area contributed by atoms with Crippen LogP contribution < -0.4 is 10.6 Å². The molecule has 0 unspecified atom stereocenters. The molecular formula is C16H17FN2O2. The number of aryl methyl sites for hydroxylation is 1. The fraction of sp³-hybridized carbons (Fsp3) is 0.188. The van der Waals surface area contributed by atoms with Gasteiger partial charge in [-0.3, -0.25) is 0 Å². The second-order valence-corrected chi connectivity index (χ2v) is 4.76. The van der Waals surface area contributed by atoms with Crippen molar-refractivity contribution in [1.29, 1.82) is 0 Å². The van der Waals surface area contributed by atoms with Gasteiger partial charge in [0.1, 0.15) is 5.82 Å². The summed E-state index contributed by atoms with van der Waals surface area (Å²) in [6, 6.07) is 12.4. The highest BCUT2D eigenvalue weighted by molar-refractivity contribution is 5.89. The maximum absolute atomic E-state index is 13.3. The molecule has 4 nitrogen and oxygen atoms in total. The van der Waals surface area contributed by atoms with Gasteiger partial charge in [-0.2, -0.15) is 0 Å². The van der Waals surface area contributed by atoms with Gasteiger partial charge in [0.05, 0.1) is 12.6 Å². The molecule has 0 aliphatic rings. The van der Waals surface area contributed by atoms with Gasteiger partial charge in [0, 0.05) is 5.69 Å². The van der Waals surface area contributed by atoms with Crippen LogP contribution in [0.1, 0.15) is 17.2 Å². The van der Waals surface area contributed by atoms with Gasteiger partial charge in [-0.05, 0) is 36.2 Å². The fourth-order valence-electron chi connectivity index (χ4n) is 2.05. The molecule has 2 aromatic rings. The van der Waals surface area contributed by atoms with Crippen LogP contribution in [-0.4, -0.2) is 17.7 Å². The average molecular weight is 288 g/mol. The minimum atomic E-state index is -0.513. The molecule has 5 heteroatoms. The Bertz CT molecular complexity index is 597. The van der Waals surface area contributed by atoms with Crippen molar-refractivity contribution < 1.29 is 14.3 Å². The van der Waals surface area contributed by atoms with Gasteiger partial charge in [-0.1, -0.05) is 30.3 Å². The molecule has 2 rings (SSSR count). The molecule has 21 heavy (non-hydrogen) atoms. The molecule has 0 aliphatic carbocycles. The summed E-state index contributed by atoms with van der Waals surface area (Å²) in [5.74, 6) is -0.410. The van der Waals surface area contributed by atoms with E-state index in [0.29, 0.717) is 11.3 Å². The molecule has 0 saturated heterocycles. The van der Waals surface area contributed by atoms with E-state index in [1.54, 1.807) is 13.0 Å². The highest BCUT2D eigenvalue weighted by Gasteiger charge is 2.13. The van der Waals surface area contributed by atoms with Crippen LogP contribution in [0.5, 0.6) is 0 Å². The number of anilines is 1. The second-order valence-electron chi connectivity index (χ2n) is 4.76. The van der Waals surface area contributed by atoms with E-state index in [0.717, 1.165) is 5.56 Å². The number of benzene rings is 2. The van der Waals surface area contributed by atoms with E-state index in [-0.39, 0.29) is 6.61 Å². The summed E-state index contributed by atoms with van der Waals surface area (Å²) in [6.45, 7) is 1.52. The molecule has 1 atom stereocenters. The molecular weight excluding hydrogens is 271 g/mol. The molecule has 0 heterocycles. The van der Waals surface area contributed by atoms with Gasteiger partial charge in [0.15, 0.2) is 0 Å². The predicted molar refractivity (Wildman–Crippen MR) is 79.6 cm³/mol. The van der Waals surface area contributed by atoms with Crippen LogP contribution >= 0.6 is 0 Å². The first kappa shape index (κ1) is 15.0. The van der Waals surface area contributed by atoms with E-state index in [2.05, 4.69) is 10.6 Å². The number of carbonyl (C=O) groups is 1. The van der Waals surface area contributed by atoms with E-state index >= 15 is 0 Å². The number of aliphatic hydroxyl groups is 1. The topological polar surface area (TPSA) is 61.4 Å². The summed E-state index contributed by atoms with van der Waals surface area (Å²) in [6.07, 6.45) is 0. The quantitative estimate of drug-likeness (QED) is 0.810. The Kier molecular flexibility index (Phi) is 4.90. The van der Waals surface area contributed by atoms with Crippen molar-refractivity contribution in [3.8, 4) is 0 Å². The van der Waals surface area contributed by atoms with Gasteiger partial charge in [-0.15, -0.1) is 0 Å². The Hall–Kier alpha value is -2.40. The normalized spacial score (nSPS) is 11.8. The molecule has 0 fully saturated rings. The summed E-state index contributed by atoms with van der Waals surface area (Å²) in [7, 11) is 0. The van der Waals surface area contributed by atoms with Crippen molar-refractivity contribution in [3.63, 3.8) is 0 Å². The highest BCUT2D eigenvalue weighted by atomic mass is 19.1. The number of hydrogen-bond donors (Lipinski definition) is 3. The largest absolute Gasteiger partial charge is 0.394 e. The van der Waals surface area contributed by atoms with Crippen molar-refractivity contribution in [2.24, 2.45) is 0 Å². The number of halogens is 1. The molecule has 0 saturated carbocycles. The summed E-state index contributed by atoms with van der Waals surface area (Å²) >= 11 is 0. The number of rotatable bonds is 4. The summed E-state index contributed by atoms with van der Waals surface area (Å²) in [4.78, 5) is 11.9. The first-order valence-electron chi connectivity index (χ1n) is 6.59. The maximum atomic E-state index is 13.3. The lowest BCUT2D eigenvalue weighted by molar-refractivity contribution is 0.225. The lowest BCUT2D eigenvalue weighted by Crippen LogP contribution is -2.34. The monoisotopic (exact) mass is 288 g/mol. The second kappa shape index (κ2) is 6.85. The van der Waals surface area contributed by atoms with E-state index in [1.807, 2.05) is 30.3 Å². The van der Waals surface area contributed by atoms with Crippen LogP contribution in [0.15, 0.2) is 48.5 Å². The number of carbonyl (C=O) groups excluding carboxylic acids is 1. The van der Waals surface area contributed by atoms with Crippen LogP contribution in [0.4, 0.5) is 14.9 Å². The number of hydrogen-bond acceptors (Lipinski definition) is 2. The summed E-state index contributed by atoms with van der Waals surface area (Å²) < 4.78 is 13.3. The van der Waals surface area contributed by atoms with Crippen LogP contribution in [0.3, 0.4) is 0 Å². The lowest BCUT2D eigenvalue weighted by atomic mass is 10.1. The summed E-state index contributed by atoms with van der Waals surface area (Å²) in [5.41, 5.74) is 1.88. The molecule has 110 valence electrons. The van der Waals surface area contributed by atoms with Crippen LogP contribution in [0.25, 0.3) is 0 Å². The van der Waals surface area contributed by atoms with Gasteiger partial charge in [-0.25, -0.2) is 9.18 Å². The van der Waals surface area contributed by atoms with Gasteiger partial charge >= 0.3 is 6.03 Å². The van der Waals surface area contributed by atoms with Crippen molar-refractivity contribution in [3.05, 3.63) is 65.5 Å². The van der Waals surface area contributed by atoms with Gasteiger partial charge in [0.25, 0.3) is 0 Å². The van der Waals surface area contributed by atoms with Crippen molar-refractivity contribution in [2.45, 2.75) is 13.0 Å². The van der Waals surface area contributed by atoms with E-state index in [9.17, 15) is 14.3 Å². The average Bonchev–Trinajstić information content (AvgIpc) is 2.44. The third-order valence-corrected chi connectivity index (χ3v) is 2.99. The highest BCUT2D eigenvalue weighted by Crippen LogP contribution is 2.15. The third kappa shape index (κ3) is 4.29. The summed E-state index contributed by atoms with van der Waals surface area (Å²) in [5, 5.41) is 14.6. The first-order valence-corrected chi connectivity index (χ1v) is 6.59. The molecule has 3 N–H and O–H groups in total. The van der Waals surface area contributed by atoms with Crippen molar-refractivity contribution in [2.75, 3.05) is 11.9 Å². The number of nitrogens with one attached hydrogen (secondary N) is 2. The smallest absolute Gasteiger partial charge is 0.319 e. The minimum Gasteiger partial charge on any atom is -0.394 e. The molecule has 0 aliphatic heterocycles. The lowest BCUT2D eigenvalue weighted by Gasteiger charge is -2.17.